The van der Waals surface area contributed by atoms with E-state index in [-0.39, 0.29) is 12.1 Å². The van der Waals surface area contributed by atoms with Gasteiger partial charge in [-0.3, -0.25) is 14.7 Å². The summed E-state index contributed by atoms with van der Waals surface area (Å²) >= 11 is 1.61. The maximum absolute atomic E-state index is 12.1. The minimum absolute atomic E-state index is 0.209. The maximum Gasteiger partial charge on any atom is 0.315 e. The molecule has 0 spiro atoms. The average molecular weight is 292 g/mol. The van der Waals surface area contributed by atoms with Crippen LogP contribution in [0, 0.1) is 5.41 Å². The van der Waals surface area contributed by atoms with Crippen molar-refractivity contribution in [3.8, 4) is 0 Å². The van der Waals surface area contributed by atoms with E-state index in [9.17, 15) is 4.79 Å². The quantitative estimate of drug-likeness (QED) is 0.801. The molecule has 5 heteroatoms. The number of thioether (sulfide) groups is 1. The summed E-state index contributed by atoms with van der Waals surface area (Å²) < 4.78 is 4.97. The fourth-order valence-electron chi connectivity index (χ4n) is 2.41. The molecular formula is C15H20N2O2S. The van der Waals surface area contributed by atoms with Gasteiger partial charge < -0.3 is 4.74 Å². The Bertz CT molecular complexity index is 516. The second-order valence-corrected chi connectivity index (χ2v) is 6.30. The summed E-state index contributed by atoms with van der Waals surface area (Å²) in [6.45, 7) is 1.92. The van der Waals surface area contributed by atoms with Crippen LogP contribution in [-0.2, 0) is 9.53 Å². The van der Waals surface area contributed by atoms with E-state index in [0.29, 0.717) is 5.75 Å². The lowest BCUT2D eigenvalue weighted by Crippen LogP contribution is -2.51. The smallest absolute Gasteiger partial charge is 0.315 e. The molecule has 0 amide bonds. The van der Waals surface area contributed by atoms with Gasteiger partial charge in [-0.1, -0.05) is 30.3 Å². The zero-order chi connectivity index (χ0) is 14.8. The van der Waals surface area contributed by atoms with Crippen molar-refractivity contribution in [3.63, 3.8) is 0 Å². The lowest BCUT2D eigenvalue weighted by Gasteiger charge is -2.39. The second-order valence-electron chi connectivity index (χ2n) is 5.34. The summed E-state index contributed by atoms with van der Waals surface area (Å²) in [7, 11) is 5.31. The Hall–Kier alpha value is -1.33. The van der Waals surface area contributed by atoms with Crippen molar-refractivity contribution >= 4 is 22.8 Å². The summed E-state index contributed by atoms with van der Waals surface area (Å²) in [6.07, 6.45) is -0.216. The molecule has 108 valence electrons. The topological polar surface area (TPSA) is 41.9 Å². The molecule has 0 N–H and O–H groups in total. The Morgan fingerprint density at radius 3 is 2.60 bits per heavy atom. The molecule has 0 unspecified atom stereocenters. The van der Waals surface area contributed by atoms with Gasteiger partial charge in [0.15, 0.2) is 0 Å². The first-order valence-corrected chi connectivity index (χ1v) is 7.48. The van der Waals surface area contributed by atoms with Crippen LogP contribution in [0.25, 0.3) is 0 Å². The lowest BCUT2D eigenvalue weighted by atomic mass is 9.88. The number of esters is 1. The number of hydrogen-bond donors (Lipinski definition) is 0. The van der Waals surface area contributed by atoms with Crippen molar-refractivity contribution in [2.45, 2.75) is 13.1 Å². The van der Waals surface area contributed by atoms with E-state index in [1.54, 1.807) is 11.8 Å². The number of aliphatic imine (C=N–C) groups is 1. The van der Waals surface area contributed by atoms with Crippen LogP contribution in [0.1, 0.15) is 12.5 Å². The standard InChI is InChI=1S/C15H20N2O2S/c1-15(14(18)19-4)10-20-12(16-13(15)17(2)3)11-8-6-5-7-9-11/h5-9,13H,10H2,1-4H3/t13-,15+/m1/s1. The number of carbonyl (C=O) groups excluding carboxylic acids is 1. The number of rotatable bonds is 3. The molecule has 0 bridgehead atoms. The Balaban J connectivity index is 2.38. The number of methoxy groups -OCH3 is 1. The first kappa shape index (κ1) is 15.1. The molecule has 2 atom stereocenters. The normalized spacial score (nSPS) is 26.2. The molecule has 2 rings (SSSR count). The van der Waals surface area contributed by atoms with Gasteiger partial charge in [0.25, 0.3) is 0 Å². The van der Waals surface area contributed by atoms with Crippen LogP contribution in [0.4, 0.5) is 0 Å². The van der Waals surface area contributed by atoms with Crippen molar-refractivity contribution in [1.82, 2.24) is 4.90 Å². The average Bonchev–Trinajstić information content (AvgIpc) is 2.47. The van der Waals surface area contributed by atoms with Crippen LogP contribution in [0.3, 0.4) is 0 Å². The van der Waals surface area contributed by atoms with Crippen molar-refractivity contribution in [2.24, 2.45) is 10.4 Å². The monoisotopic (exact) mass is 292 g/mol. The molecule has 0 fully saturated rings. The molecule has 0 saturated carbocycles. The van der Waals surface area contributed by atoms with Crippen molar-refractivity contribution in [3.05, 3.63) is 35.9 Å². The van der Waals surface area contributed by atoms with Crippen LogP contribution in [0.5, 0.6) is 0 Å². The predicted molar refractivity (Wildman–Crippen MR) is 83.0 cm³/mol. The Morgan fingerprint density at radius 2 is 2.05 bits per heavy atom. The van der Waals surface area contributed by atoms with E-state index in [4.69, 9.17) is 9.73 Å². The van der Waals surface area contributed by atoms with Crippen molar-refractivity contribution in [2.75, 3.05) is 27.0 Å². The SMILES string of the molecule is COC(=O)[C@@]1(C)CSC(c2ccccc2)=N[C@@H]1N(C)C. The highest BCUT2D eigenvalue weighted by Crippen LogP contribution is 2.37. The highest BCUT2D eigenvalue weighted by molar-refractivity contribution is 8.14. The Kier molecular flexibility index (Phi) is 4.50. The molecule has 20 heavy (non-hydrogen) atoms. The minimum atomic E-state index is -0.624. The first-order chi connectivity index (χ1) is 9.49. The van der Waals surface area contributed by atoms with Gasteiger partial charge in [-0.2, -0.15) is 0 Å². The first-order valence-electron chi connectivity index (χ1n) is 6.50. The highest BCUT2D eigenvalue weighted by atomic mass is 32.2. The van der Waals surface area contributed by atoms with Gasteiger partial charge in [-0.05, 0) is 21.0 Å². The third kappa shape index (κ3) is 2.74. The largest absolute Gasteiger partial charge is 0.468 e. The third-order valence-electron chi connectivity index (χ3n) is 3.48. The molecule has 1 aliphatic heterocycles. The Labute approximate surface area is 124 Å². The maximum atomic E-state index is 12.1. The van der Waals surface area contributed by atoms with Crippen LogP contribution >= 0.6 is 11.8 Å². The van der Waals surface area contributed by atoms with E-state index < -0.39 is 5.41 Å². The number of carbonyl (C=O) groups is 1. The fraction of sp³-hybridized carbons (Fsp3) is 0.467. The van der Waals surface area contributed by atoms with Gasteiger partial charge in [0.1, 0.15) is 11.6 Å². The number of nitrogens with zero attached hydrogens (tertiary/aromatic N) is 2. The van der Waals surface area contributed by atoms with E-state index >= 15 is 0 Å². The van der Waals surface area contributed by atoms with Gasteiger partial charge in [0.2, 0.25) is 0 Å². The molecule has 1 heterocycles. The number of hydrogen-bond acceptors (Lipinski definition) is 5. The van der Waals surface area contributed by atoms with Gasteiger partial charge in [-0.15, -0.1) is 11.8 Å². The summed E-state index contributed by atoms with van der Waals surface area (Å²) in [6, 6.07) is 10.1. The van der Waals surface area contributed by atoms with Crippen molar-refractivity contribution in [1.29, 1.82) is 0 Å². The van der Waals surface area contributed by atoms with E-state index in [2.05, 4.69) is 0 Å². The van der Waals surface area contributed by atoms with Gasteiger partial charge >= 0.3 is 5.97 Å². The summed E-state index contributed by atoms with van der Waals surface area (Å²) in [5, 5.41) is 0.977. The van der Waals surface area contributed by atoms with Gasteiger partial charge in [-0.25, -0.2) is 0 Å². The molecule has 4 nitrogen and oxygen atoms in total. The van der Waals surface area contributed by atoms with E-state index in [1.807, 2.05) is 56.3 Å². The minimum Gasteiger partial charge on any atom is -0.468 e. The molecule has 0 saturated heterocycles. The van der Waals surface area contributed by atoms with Gasteiger partial charge in [0, 0.05) is 11.3 Å². The van der Waals surface area contributed by atoms with E-state index in [1.165, 1.54) is 7.11 Å². The van der Waals surface area contributed by atoms with E-state index in [0.717, 1.165) is 10.6 Å². The molecule has 0 radical (unpaired) electrons. The third-order valence-corrected chi connectivity index (χ3v) is 4.84. The molecule has 1 aliphatic rings. The van der Waals surface area contributed by atoms with Crippen LogP contribution in [0.2, 0.25) is 0 Å². The van der Waals surface area contributed by atoms with Crippen molar-refractivity contribution < 1.29 is 9.53 Å². The summed E-state index contributed by atoms with van der Waals surface area (Å²) in [4.78, 5) is 18.9. The highest BCUT2D eigenvalue weighted by Gasteiger charge is 2.46. The lowest BCUT2D eigenvalue weighted by molar-refractivity contribution is -0.153. The zero-order valence-electron chi connectivity index (χ0n) is 12.3. The Morgan fingerprint density at radius 1 is 1.40 bits per heavy atom. The molecule has 1 aromatic carbocycles. The number of benzene rings is 1. The summed E-state index contributed by atoms with van der Waals surface area (Å²) in [5.41, 5.74) is 0.470. The molecule has 0 aromatic heterocycles. The number of ether oxygens (including phenoxy) is 1. The fourth-order valence-corrected chi connectivity index (χ4v) is 3.59. The predicted octanol–water partition coefficient (Wildman–Crippen LogP) is 2.25. The molecule has 0 aliphatic carbocycles. The second kappa shape index (κ2) is 5.97. The molecule has 1 aromatic rings. The van der Waals surface area contributed by atoms with Crippen LogP contribution in [0.15, 0.2) is 35.3 Å². The van der Waals surface area contributed by atoms with Crippen LogP contribution < -0.4 is 0 Å². The zero-order valence-corrected chi connectivity index (χ0v) is 13.1. The molecular weight excluding hydrogens is 272 g/mol. The van der Waals surface area contributed by atoms with Gasteiger partial charge in [0.05, 0.1) is 12.2 Å². The summed E-state index contributed by atoms with van der Waals surface area (Å²) in [5.74, 6) is 0.454. The van der Waals surface area contributed by atoms with Crippen LogP contribution in [-0.4, -0.2) is 49.0 Å².